The number of nitrogen functional groups attached to an aromatic ring is 1. The molecule has 2 aromatic heterocycles. The number of fused-ring (bicyclic) bond motifs is 3. The van der Waals surface area contributed by atoms with Crippen LogP contribution < -0.4 is 15.2 Å². The van der Waals surface area contributed by atoms with Crippen molar-refractivity contribution in [1.82, 2.24) is 19.3 Å². The van der Waals surface area contributed by atoms with E-state index in [1.165, 1.54) is 13.2 Å². The van der Waals surface area contributed by atoms with Gasteiger partial charge in [-0.1, -0.05) is 47.5 Å². The minimum Gasteiger partial charge on any atom is -0.495 e. The summed E-state index contributed by atoms with van der Waals surface area (Å²) < 4.78 is 36.7. The van der Waals surface area contributed by atoms with Crippen LogP contribution in [0.1, 0.15) is 25.6 Å². The van der Waals surface area contributed by atoms with Crippen molar-refractivity contribution in [2.75, 3.05) is 19.4 Å². The molecule has 0 unspecified atom stereocenters. The Kier molecular flexibility index (Phi) is 6.87. The number of anilines is 1. The van der Waals surface area contributed by atoms with Crippen molar-refractivity contribution in [1.29, 1.82) is 0 Å². The zero-order valence-corrected chi connectivity index (χ0v) is 20.9. The fourth-order valence-corrected chi connectivity index (χ4v) is 5.63. The summed E-state index contributed by atoms with van der Waals surface area (Å²) in [7, 11) is -2.34. The van der Waals surface area contributed by atoms with Crippen molar-refractivity contribution >= 4 is 53.7 Å². The Balaban J connectivity index is 1.70. The molecule has 2 aromatic carbocycles. The van der Waals surface area contributed by atoms with Crippen LogP contribution in [0, 0.1) is 0 Å². The minimum atomic E-state index is -3.79. The molecule has 8 nitrogen and oxygen atoms in total. The molecule has 0 aliphatic rings. The lowest BCUT2D eigenvalue weighted by atomic mass is 10.2. The van der Waals surface area contributed by atoms with Gasteiger partial charge in [-0.2, -0.15) is 0 Å². The van der Waals surface area contributed by atoms with Crippen molar-refractivity contribution in [2.45, 2.75) is 37.6 Å². The van der Waals surface area contributed by atoms with Crippen LogP contribution in [-0.4, -0.2) is 36.6 Å². The van der Waals surface area contributed by atoms with Gasteiger partial charge in [0.05, 0.1) is 18.1 Å². The monoisotopic (exact) mass is 531 g/mol. The lowest BCUT2D eigenvalue weighted by Crippen LogP contribution is -2.28. The van der Waals surface area contributed by atoms with Gasteiger partial charge in [-0.05, 0) is 30.7 Å². The van der Waals surface area contributed by atoms with Gasteiger partial charge in [0.15, 0.2) is 5.82 Å². The summed E-state index contributed by atoms with van der Waals surface area (Å²) >= 11 is 3.33. The first kappa shape index (κ1) is 23.5. The number of nitrogens with two attached hydrogens (primary N) is 1. The van der Waals surface area contributed by atoms with Crippen LogP contribution >= 0.6 is 15.9 Å². The molecule has 4 aromatic rings. The quantitative estimate of drug-likeness (QED) is 0.333. The van der Waals surface area contributed by atoms with E-state index in [9.17, 15) is 8.42 Å². The Morgan fingerprint density at radius 3 is 2.73 bits per heavy atom. The number of hydrogen-bond donors (Lipinski definition) is 2. The van der Waals surface area contributed by atoms with Crippen molar-refractivity contribution in [2.24, 2.45) is 0 Å². The number of halogens is 1. The van der Waals surface area contributed by atoms with E-state index in [1.807, 2.05) is 24.3 Å². The van der Waals surface area contributed by atoms with E-state index in [0.29, 0.717) is 22.4 Å². The largest absolute Gasteiger partial charge is 0.495 e. The summed E-state index contributed by atoms with van der Waals surface area (Å²) in [6.45, 7) is 2.70. The van der Waals surface area contributed by atoms with Crippen LogP contribution in [-0.2, 0) is 23.0 Å². The topological polar surface area (TPSA) is 112 Å². The molecule has 0 atom stereocenters. The second-order valence-electron chi connectivity index (χ2n) is 7.69. The molecule has 2 heterocycles. The molecule has 10 heteroatoms. The van der Waals surface area contributed by atoms with E-state index >= 15 is 0 Å². The number of aryl methyl sites for hydroxylation is 1. The van der Waals surface area contributed by atoms with E-state index in [-0.39, 0.29) is 17.2 Å². The second-order valence-corrected chi connectivity index (χ2v) is 10.3. The Labute approximate surface area is 201 Å². The van der Waals surface area contributed by atoms with Crippen LogP contribution in [0.3, 0.4) is 0 Å². The highest BCUT2D eigenvalue weighted by Gasteiger charge is 2.21. The van der Waals surface area contributed by atoms with Gasteiger partial charge in [0.1, 0.15) is 22.0 Å². The average molecular weight is 532 g/mol. The normalized spacial score (nSPS) is 12.0. The number of pyridine rings is 1. The van der Waals surface area contributed by atoms with Crippen molar-refractivity contribution in [3.8, 4) is 5.75 Å². The number of ether oxygens (including phenoxy) is 1. The standard InChI is InChI=1S/C23H26BrN5O3S/c1-3-4-9-20-28-21-22(16-7-5-6-8-17(16)27-23(21)25)29(20)13-12-26-33(30,31)19-14-15(24)10-11-18(19)32-2/h5-8,10-11,14,26H,3-4,9,12-13H2,1-2H3,(H2,25,27). The molecule has 0 spiro atoms. The number of aromatic nitrogens is 3. The number of unbranched alkanes of at least 4 members (excludes halogenated alkanes) is 1. The highest BCUT2D eigenvalue weighted by Crippen LogP contribution is 2.30. The Hall–Kier alpha value is -2.69. The average Bonchev–Trinajstić information content (AvgIpc) is 3.17. The van der Waals surface area contributed by atoms with Gasteiger partial charge >= 0.3 is 0 Å². The molecule has 0 bridgehead atoms. The predicted molar refractivity (Wildman–Crippen MR) is 134 cm³/mol. The maximum Gasteiger partial charge on any atom is 0.244 e. The minimum absolute atomic E-state index is 0.0833. The maximum absolute atomic E-state index is 13.0. The zero-order chi connectivity index (χ0) is 23.6. The van der Waals surface area contributed by atoms with Gasteiger partial charge in [0.2, 0.25) is 10.0 Å². The third-order valence-corrected chi connectivity index (χ3v) is 7.46. The first-order chi connectivity index (χ1) is 15.9. The number of para-hydroxylation sites is 1. The third-order valence-electron chi connectivity index (χ3n) is 5.49. The number of methoxy groups -OCH3 is 1. The smallest absolute Gasteiger partial charge is 0.244 e. The highest BCUT2D eigenvalue weighted by atomic mass is 79.9. The van der Waals surface area contributed by atoms with Gasteiger partial charge in [-0.3, -0.25) is 0 Å². The first-order valence-corrected chi connectivity index (χ1v) is 13.0. The summed E-state index contributed by atoms with van der Waals surface area (Å²) in [6, 6.07) is 12.6. The number of imidazole rings is 1. The van der Waals surface area contributed by atoms with E-state index in [1.54, 1.807) is 12.1 Å². The lowest BCUT2D eigenvalue weighted by molar-refractivity contribution is 0.402. The summed E-state index contributed by atoms with van der Waals surface area (Å²) in [4.78, 5) is 9.36. The van der Waals surface area contributed by atoms with Gasteiger partial charge in [0.25, 0.3) is 0 Å². The van der Waals surface area contributed by atoms with Gasteiger partial charge < -0.3 is 15.0 Å². The van der Waals surface area contributed by atoms with Crippen LogP contribution in [0.15, 0.2) is 51.8 Å². The first-order valence-electron chi connectivity index (χ1n) is 10.7. The Morgan fingerprint density at radius 2 is 1.97 bits per heavy atom. The van der Waals surface area contributed by atoms with E-state index in [0.717, 1.165) is 41.5 Å². The van der Waals surface area contributed by atoms with Gasteiger partial charge in [0, 0.05) is 29.4 Å². The molecule has 33 heavy (non-hydrogen) atoms. The summed E-state index contributed by atoms with van der Waals surface area (Å²) in [6.07, 6.45) is 2.76. The predicted octanol–water partition coefficient (Wildman–Crippen LogP) is 4.26. The molecule has 0 saturated heterocycles. The zero-order valence-electron chi connectivity index (χ0n) is 18.5. The van der Waals surface area contributed by atoms with E-state index in [2.05, 4.69) is 37.1 Å². The number of sulfonamides is 1. The van der Waals surface area contributed by atoms with Crippen molar-refractivity contribution < 1.29 is 13.2 Å². The van der Waals surface area contributed by atoms with Crippen molar-refractivity contribution in [3.05, 3.63) is 52.8 Å². The SMILES string of the molecule is CCCCc1nc2c(N)nc3ccccc3c2n1CCNS(=O)(=O)c1cc(Br)ccc1OC. The van der Waals surface area contributed by atoms with E-state index < -0.39 is 10.0 Å². The number of benzene rings is 2. The fraction of sp³-hybridized carbons (Fsp3) is 0.304. The van der Waals surface area contributed by atoms with Crippen LogP contribution in [0.5, 0.6) is 5.75 Å². The molecule has 0 aliphatic carbocycles. The molecule has 0 saturated carbocycles. The molecule has 4 rings (SSSR count). The summed E-state index contributed by atoms with van der Waals surface area (Å²) in [5.74, 6) is 1.53. The second kappa shape index (κ2) is 9.66. The summed E-state index contributed by atoms with van der Waals surface area (Å²) in [5.41, 5.74) is 8.55. The van der Waals surface area contributed by atoms with Crippen LogP contribution in [0.2, 0.25) is 0 Å². The maximum atomic E-state index is 13.0. The lowest BCUT2D eigenvalue weighted by Gasteiger charge is -2.13. The van der Waals surface area contributed by atoms with Crippen molar-refractivity contribution in [3.63, 3.8) is 0 Å². The molecule has 0 amide bonds. The van der Waals surface area contributed by atoms with Gasteiger partial charge in [-0.25, -0.2) is 23.1 Å². The Morgan fingerprint density at radius 1 is 1.18 bits per heavy atom. The highest BCUT2D eigenvalue weighted by molar-refractivity contribution is 9.10. The van der Waals surface area contributed by atoms with Crippen LogP contribution in [0.25, 0.3) is 21.9 Å². The number of nitrogens with one attached hydrogen (secondary N) is 1. The third kappa shape index (κ3) is 4.68. The Bertz CT molecular complexity index is 1420. The fourth-order valence-electron chi connectivity index (χ4n) is 3.90. The number of rotatable bonds is 9. The summed E-state index contributed by atoms with van der Waals surface area (Å²) in [5, 5.41) is 0.938. The molecule has 3 N–H and O–H groups in total. The molecule has 0 radical (unpaired) electrons. The van der Waals surface area contributed by atoms with Gasteiger partial charge in [-0.15, -0.1) is 0 Å². The van der Waals surface area contributed by atoms with E-state index in [4.69, 9.17) is 15.5 Å². The molecular weight excluding hydrogens is 506 g/mol. The van der Waals surface area contributed by atoms with Crippen LogP contribution in [0.4, 0.5) is 5.82 Å². The number of hydrogen-bond acceptors (Lipinski definition) is 6. The molecule has 0 aliphatic heterocycles. The molecule has 0 fully saturated rings. The number of nitrogens with zero attached hydrogens (tertiary/aromatic N) is 3. The molecular formula is C23H26BrN5O3S. The molecule has 174 valence electrons.